The average Bonchev–Trinajstić information content (AvgIpc) is 3.15. The van der Waals surface area contributed by atoms with Crippen molar-refractivity contribution in [1.29, 1.82) is 0 Å². The van der Waals surface area contributed by atoms with Crippen molar-refractivity contribution in [2.75, 3.05) is 7.11 Å². The first-order valence-corrected chi connectivity index (χ1v) is 9.76. The summed E-state index contributed by atoms with van der Waals surface area (Å²) in [5.41, 5.74) is 2.05. The molecule has 3 rings (SSSR count). The van der Waals surface area contributed by atoms with Crippen molar-refractivity contribution in [3.8, 4) is 11.5 Å². The third-order valence-corrected chi connectivity index (χ3v) is 5.20. The maximum absolute atomic E-state index is 6.43. The first-order chi connectivity index (χ1) is 12.7. The summed E-state index contributed by atoms with van der Waals surface area (Å²) in [6.45, 7) is 1.92. The molecule has 144 valence electrons. The zero-order valence-corrected chi connectivity index (χ0v) is 17.9. The van der Waals surface area contributed by atoms with Gasteiger partial charge in [-0.3, -0.25) is 0 Å². The molecule has 1 aromatic heterocycles. The second-order valence-corrected chi connectivity index (χ2v) is 7.58. The molecule has 2 aromatic carbocycles. The Hall–Kier alpha value is -1.43. The normalized spacial score (nSPS) is 10.3. The molecule has 1 heterocycles. The van der Waals surface area contributed by atoms with Gasteiger partial charge in [-0.05, 0) is 46.8 Å². The van der Waals surface area contributed by atoms with Crippen molar-refractivity contribution in [3.05, 3.63) is 80.0 Å². The van der Waals surface area contributed by atoms with E-state index in [1.54, 1.807) is 18.4 Å². The van der Waals surface area contributed by atoms with Crippen LogP contribution in [0.15, 0.2) is 53.9 Å². The minimum atomic E-state index is 0. The second-order valence-electron chi connectivity index (χ2n) is 5.71. The number of methoxy groups -OCH3 is 1. The lowest BCUT2D eigenvalue weighted by Gasteiger charge is -2.14. The maximum atomic E-state index is 6.43. The third kappa shape index (κ3) is 6.30. The molecule has 0 unspecified atom stereocenters. The standard InChI is InChI=1S/C20H19Cl2NO2S.ClH/c1-24-19-10-15(11-23-12-17-3-2-8-26-17)9-18(22)20(19)25-13-14-4-6-16(21)7-5-14;/h2-10,23H,11-13H2,1H3;1H. The smallest absolute Gasteiger partial charge is 0.180 e. The van der Waals surface area contributed by atoms with Crippen LogP contribution in [0.25, 0.3) is 0 Å². The van der Waals surface area contributed by atoms with Crippen LogP contribution in [0, 0.1) is 0 Å². The molecule has 0 saturated carbocycles. The number of thiophene rings is 1. The predicted octanol–water partition coefficient (Wildman–Crippen LogP) is 6.35. The Morgan fingerprint density at radius 1 is 1.00 bits per heavy atom. The zero-order valence-electron chi connectivity index (χ0n) is 14.7. The number of hydrogen-bond donors (Lipinski definition) is 1. The van der Waals surface area contributed by atoms with Crippen molar-refractivity contribution in [2.24, 2.45) is 0 Å². The summed E-state index contributed by atoms with van der Waals surface area (Å²) in [4.78, 5) is 1.30. The topological polar surface area (TPSA) is 30.5 Å². The fourth-order valence-corrected chi connectivity index (χ4v) is 3.58. The number of hydrogen-bond acceptors (Lipinski definition) is 4. The lowest BCUT2D eigenvalue weighted by molar-refractivity contribution is 0.284. The molecule has 27 heavy (non-hydrogen) atoms. The van der Waals surface area contributed by atoms with Gasteiger partial charge in [0.1, 0.15) is 6.61 Å². The van der Waals surface area contributed by atoms with Crippen LogP contribution < -0.4 is 14.8 Å². The Kier molecular flexibility index (Phi) is 8.74. The minimum absolute atomic E-state index is 0. The van der Waals surface area contributed by atoms with Crippen LogP contribution in [0.3, 0.4) is 0 Å². The summed E-state index contributed by atoms with van der Waals surface area (Å²) in [5, 5.41) is 6.71. The van der Waals surface area contributed by atoms with E-state index in [4.69, 9.17) is 32.7 Å². The van der Waals surface area contributed by atoms with E-state index in [0.29, 0.717) is 34.7 Å². The van der Waals surface area contributed by atoms with Gasteiger partial charge in [-0.25, -0.2) is 0 Å². The number of nitrogens with one attached hydrogen (secondary N) is 1. The molecule has 7 heteroatoms. The van der Waals surface area contributed by atoms with Gasteiger partial charge in [0.15, 0.2) is 11.5 Å². The molecule has 0 bridgehead atoms. The van der Waals surface area contributed by atoms with Crippen LogP contribution in [0.5, 0.6) is 11.5 Å². The Morgan fingerprint density at radius 2 is 1.78 bits per heavy atom. The van der Waals surface area contributed by atoms with E-state index in [0.717, 1.165) is 17.7 Å². The summed E-state index contributed by atoms with van der Waals surface area (Å²) < 4.78 is 11.4. The van der Waals surface area contributed by atoms with Crippen molar-refractivity contribution in [2.45, 2.75) is 19.7 Å². The molecular formula is C20H20Cl3NO2S. The van der Waals surface area contributed by atoms with E-state index in [1.807, 2.05) is 42.5 Å². The van der Waals surface area contributed by atoms with E-state index in [1.165, 1.54) is 4.88 Å². The summed E-state index contributed by atoms with van der Waals surface area (Å²) in [6, 6.07) is 15.5. The summed E-state index contributed by atoms with van der Waals surface area (Å²) >= 11 is 14.1. The first-order valence-electron chi connectivity index (χ1n) is 8.12. The molecule has 3 aromatic rings. The number of halogens is 3. The summed E-state index contributed by atoms with van der Waals surface area (Å²) in [5.74, 6) is 1.17. The van der Waals surface area contributed by atoms with Gasteiger partial charge in [-0.15, -0.1) is 23.7 Å². The van der Waals surface area contributed by atoms with Gasteiger partial charge in [-0.1, -0.05) is 41.4 Å². The number of rotatable bonds is 8. The fourth-order valence-electron chi connectivity index (χ4n) is 2.49. The van der Waals surface area contributed by atoms with E-state index in [9.17, 15) is 0 Å². The molecular weight excluding hydrogens is 425 g/mol. The minimum Gasteiger partial charge on any atom is -0.493 e. The maximum Gasteiger partial charge on any atom is 0.180 e. The highest BCUT2D eigenvalue weighted by atomic mass is 35.5. The molecule has 0 saturated heterocycles. The molecule has 0 fully saturated rings. The van der Waals surface area contributed by atoms with E-state index in [2.05, 4.69) is 16.8 Å². The Labute approximate surface area is 179 Å². The molecule has 3 nitrogen and oxygen atoms in total. The highest BCUT2D eigenvalue weighted by Crippen LogP contribution is 2.37. The fraction of sp³-hybridized carbons (Fsp3) is 0.200. The molecule has 0 spiro atoms. The highest BCUT2D eigenvalue weighted by molar-refractivity contribution is 7.09. The van der Waals surface area contributed by atoms with Crippen LogP contribution in [-0.4, -0.2) is 7.11 Å². The molecule has 0 radical (unpaired) electrons. The van der Waals surface area contributed by atoms with Crippen LogP contribution >= 0.6 is 46.9 Å². The first kappa shape index (κ1) is 21.9. The van der Waals surface area contributed by atoms with Crippen LogP contribution in [0.4, 0.5) is 0 Å². The third-order valence-electron chi connectivity index (χ3n) is 3.79. The molecule has 0 amide bonds. The molecule has 0 aliphatic carbocycles. The lowest BCUT2D eigenvalue weighted by Crippen LogP contribution is -2.12. The van der Waals surface area contributed by atoms with Gasteiger partial charge in [-0.2, -0.15) is 0 Å². The van der Waals surface area contributed by atoms with Gasteiger partial charge in [0.25, 0.3) is 0 Å². The number of ether oxygens (including phenoxy) is 2. The van der Waals surface area contributed by atoms with Gasteiger partial charge >= 0.3 is 0 Å². The van der Waals surface area contributed by atoms with Crippen molar-refractivity contribution < 1.29 is 9.47 Å². The molecule has 0 atom stereocenters. The second kappa shape index (κ2) is 10.8. The van der Waals surface area contributed by atoms with Gasteiger partial charge in [0, 0.05) is 23.0 Å². The zero-order chi connectivity index (χ0) is 18.4. The van der Waals surface area contributed by atoms with Crippen LogP contribution in [0.1, 0.15) is 16.0 Å². The van der Waals surface area contributed by atoms with Gasteiger partial charge < -0.3 is 14.8 Å². The van der Waals surface area contributed by atoms with Crippen molar-refractivity contribution in [3.63, 3.8) is 0 Å². The Morgan fingerprint density at radius 3 is 2.44 bits per heavy atom. The van der Waals surface area contributed by atoms with Crippen LogP contribution in [-0.2, 0) is 19.7 Å². The summed E-state index contributed by atoms with van der Waals surface area (Å²) in [6.07, 6.45) is 0. The van der Waals surface area contributed by atoms with E-state index < -0.39 is 0 Å². The molecule has 0 aliphatic rings. The average molecular weight is 445 g/mol. The Balaban J connectivity index is 0.00000261. The molecule has 1 N–H and O–H groups in total. The van der Waals surface area contributed by atoms with Crippen molar-refractivity contribution in [1.82, 2.24) is 5.32 Å². The molecule has 0 aliphatic heterocycles. The largest absolute Gasteiger partial charge is 0.493 e. The summed E-state index contributed by atoms with van der Waals surface area (Å²) in [7, 11) is 1.61. The van der Waals surface area contributed by atoms with E-state index >= 15 is 0 Å². The number of benzene rings is 2. The van der Waals surface area contributed by atoms with Gasteiger partial charge in [0.05, 0.1) is 12.1 Å². The predicted molar refractivity (Wildman–Crippen MR) is 116 cm³/mol. The van der Waals surface area contributed by atoms with Gasteiger partial charge in [0.2, 0.25) is 0 Å². The lowest BCUT2D eigenvalue weighted by atomic mass is 10.2. The highest BCUT2D eigenvalue weighted by Gasteiger charge is 2.12. The van der Waals surface area contributed by atoms with E-state index in [-0.39, 0.29) is 12.4 Å². The SMILES string of the molecule is COc1cc(CNCc2cccs2)cc(Cl)c1OCc1ccc(Cl)cc1.Cl. The monoisotopic (exact) mass is 443 g/mol. The Bertz CT molecular complexity index is 839. The van der Waals surface area contributed by atoms with Crippen LogP contribution in [0.2, 0.25) is 10.0 Å². The quantitative estimate of drug-likeness (QED) is 0.439. The van der Waals surface area contributed by atoms with Crippen molar-refractivity contribution >= 4 is 46.9 Å².